The Kier molecular flexibility index (Phi) is 4.80. The maximum absolute atomic E-state index is 12.3. The lowest BCUT2D eigenvalue weighted by atomic mass is 10.1. The number of hydrogen-bond donors (Lipinski definition) is 0. The zero-order chi connectivity index (χ0) is 20.8. The van der Waals surface area contributed by atoms with E-state index in [1.807, 2.05) is 49.8 Å². The van der Waals surface area contributed by atoms with E-state index in [4.69, 9.17) is 9.26 Å². The van der Waals surface area contributed by atoms with Gasteiger partial charge in [-0.25, -0.2) is 4.79 Å². The maximum atomic E-state index is 12.3. The van der Waals surface area contributed by atoms with Crippen LogP contribution < -0.4 is 0 Å². The van der Waals surface area contributed by atoms with Crippen molar-refractivity contribution in [2.24, 2.45) is 0 Å². The first-order chi connectivity index (χ1) is 13.7. The SMILES string of the molecule is CC(C)n1ncc2ccc(-c3nc(C4CCN(C(=O)OC(C)(C)C)C4)no3)cc21. The molecule has 1 atom stereocenters. The largest absolute Gasteiger partial charge is 0.444 e. The lowest BCUT2D eigenvalue weighted by Crippen LogP contribution is -2.35. The molecule has 4 rings (SSSR count). The zero-order valence-corrected chi connectivity index (χ0v) is 17.5. The Bertz CT molecular complexity index is 1030. The Balaban J connectivity index is 1.51. The molecule has 8 nitrogen and oxygen atoms in total. The van der Waals surface area contributed by atoms with Crippen LogP contribution in [-0.2, 0) is 4.74 Å². The van der Waals surface area contributed by atoms with Gasteiger partial charge >= 0.3 is 6.09 Å². The first-order valence-corrected chi connectivity index (χ1v) is 10.0. The minimum Gasteiger partial charge on any atom is -0.444 e. The van der Waals surface area contributed by atoms with E-state index in [1.54, 1.807) is 4.90 Å². The highest BCUT2D eigenvalue weighted by molar-refractivity contribution is 5.83. The fourth-order valence-electron chi connectivity index (χ4n) is 3.56. The Morgan fingerprint density at radius 3 is 2.83 bits per heavy atom. The Labute approximate surface area is 169 Å². The summed E-state index contributed by atoms with van der Waals surface area (Å²) in [5.41, 5.74) is 1.39. The molecule has 1 aliphatic heterocycles. The van der Waals surface area contributed by atoms with Crippen LogP contribution in [0.5, 0.6) is 0 Å². The van der Waals surface area contributed by atoms with Crippen LogP contribution in [0.2, 0.25) is 0 Å². The van der Waals surface area contributed by atoms with Crippen LogP contribution in [0.15, 0.2) is 28.9 Å². The van der Waals surface area contributed by atoms with Gasteiger partial charge < -0.3 is 14.2 Å². The number of nitrogens with zero attached hydrogens (tertiary/aromatic N) is 5. The molecule has 2 aromatic heterocycles. The fraction of sp³-hybridized carbons (Fsp3) is 0.524. The lowest BCUT2D eigenvalue weighted by Gasteiger charge is -2.24. The van der Waals surface area contributed by atoms with Gasteiger partial charge in [0.15, 0.2) is 5.82 Å². The van der Waals surface area contributed by atoms with Crippen molar-refractivity contribution in [1.82, 2.24) is 24.8 Å². The van der Waals surface area contributed by atoms with E-state index in [1.165, 1.54) is 0 Å². The summed E-state index contributed by atoms with van der Waals surface area (Å²) in [7, 11) is 0. The van der Waals surface area contributed by atoms with Crippen LogP contribution in [0, 0.1) is 0 Å². The molecule has 0 N–H and O–H groups in total. The summed E-state index contributed by atoms with van der Waals surface area (Å²) in [6.07, 6.45) is 2.36. The summed E-state index contributed by atoms with van der Waals surface area (Å²) >= 11 is 0. The molecule has 0 aliphatic carbocycles. The Morgan fingerprint density at radius 1 is 1.31 bits per heavy atom. The lowest BCUT2D eigenvalue weighted by molar-refractivity contribution is 0.0292. The molecule has 0 spiro atoms. The number of aromatic nitrogens is 4. The molecule has 29 heavy (non-hydrogen) atoms. The summed E-state index contributed by atoms with van der Waals surface area (Å²) in [5, 5.41) is 9.70. The molecule has 1 saturated heterocycles. The molecule has 1 fully saturated rings. The van der Waals surface area contributed by atoms with Crippen molar-refractivity contribution in [3.63, 3.8) is 0 Å². The van der Waals surface area contributed by atoms with E-state index < -0.39 is 5.60 Å². The topological polar surface area (TPSA) is 86.3 Å². The van der Waals surface area contributed by atoms with E-state index in [0.29, 0.717) is 24.8 Å². The summed E-state index contributed by atoms with van der Waals surface area (Å²) in [4.78, 5) is 18.6. The molecule has 8 heteroatoms. The van der Waals surface area contributed by atoms with Crippen LogP contribution in [0.25, 0.3) is 22.4 Å². The van der Waals surface area contributed by atoms with Gasteiger partial charge in [-0.3, -0.25) is 4.68 Å². The van der Waals surface area contributed by atoms with E-state index in [2.05, 4.69) is 29.1 Å². The van der Waals surface area contributed by atoms with E-state index >= 15 is 0 Å². The molecule has 1 aromatic carbocycles. The van der Waals surface area contributed by atoms with Crippen LogP contribution >= 0.6 is 0 Å². The monoisotopic (exact) mass is 397 g/mol. The average Bonchev–Trinajstić information content (AvgIpc) is 3.37. The predicted molar refractivity (Wildman–Crippen MR) is 109 cm³/mol. The summed E-state index contributed by atoms with van der Waals surface area (Å²) in [6, 6.07) is 6.27. The third-order valence-electron chi connectivity index (χ3n) is 4.98. The highest BCUT2D eigenvalue weighted by Crippen LogP contribution is 2.30. The number of likely N-dealkylation sites (tertiary alicyclic amines) is 1. The second-order valence-electron chi connectivity index (χ2n) is 8.83. The van der Waals surface area contributed by atoms with Gasteiger partial charge in [-0.2, -0.15) is 10.1 Å². The normalized spacial score (nSPS) is 17.4. The molecule has 0 bridgehead atoms. The molecule has 154 valence electrons. The van der Waals surface area contributed by atoms with Gasteiger partial charge in [-0.1, -0.05) is 11.2 Å². The van der Waals surface area contributed by atoms with Gasteiger partial charge in [-0.05, 0) is 53.2 Å². The summed E-state index contributed by atoms with van der Waals surface area (Å²) in [6.45, 7) is 11.0. The number of carbonyl (C=O) groups excluding carboxylic acids is 1. The van der Waals surface area contributed by atoms with Gasteiger partial charge in [0.05, 0.1) is 11.7 Å². The first kappa shape index (κ1) is 19.4. The molecule has 1 unspecified atom stereocenters. The van der Waals surface area contributed by atoms with Crippen molar-refractivity contribution < 1.29 is 14.1 Å². The number of hydrogen-bond acceptors (Lipinski definition) is 6. The van der Waals surface area contributed by atoms with Crippen LogP contribution in [0.1, 0.15) is 58.8 Å². The number of ether oxygens (including phenoxy) is 1. The zero-order valence-electron chi connectivity index (χ0n) is 17.5. The second-order valence-corrected chi connectivity index (χ2v) is 8.83. The third kappa shape index (κ3) is 3.97. The molecular weight excluding hydrogens is 370 g/mol. The van der Waals surface area contributed by atoms with Crippen molar-refractivity contribution in [2.45, 2.75) is 58.6 Å². The molecule has 0 radical (unpaired) electrons. The average molecular weight is 397 g/mol. The predicted octanol–water partition coefficient (Wildman–Crippen LogP) is 4.39. The van der Waals surface area contributed by atoms with E-state index in [-0.39, 0.29) is 18.1 Å². The quantitative estimate of drug-likeness (QED) is 0.651. The van der Waals surface area contributed by atoms with Crippen LogP contribution in [-0.4, -0.2) is 49.6 Å². The molecule has 0 saturated carbocycles. The smallest absolute Gasteiger partial charge is 0.410 e. The highest BCUT2D eigenvalue weighted by atomic mass is 16.6. The minimum absolute atomic E-state index is 0.0462. The molecule has 3 aromatic rings. The molecule has 1 aliphatic rings. The Hall–Kier alpha value is -2.90. The van der Waals surface area contributed by atoms with Crippen LogP contribution in [0.3, 0.4) is 0 Å². The van der Waals surface area contributed by atoms with Gasteiger partial charge in [0, 0.05) is 36.0 Å². The van der Waals surface area contributed by atoms with Gasteiger partial charge in [0.1, 0.15) is 5.60 Å². The number of fused-ring (bicyclic) bond motifs is 1. The van der Waals surface area contributed by atoms with Gasteiger partial charge in [-0.15, -0.1) is 0 Å². The first-order valence-electron chi connectivity index (χ1n) is 10.0. The standard InChI is InChI=1S/C21H27N5O3/c1-13(2)26-17-10-14(6-7-15(17)11-22-26)19-23-18(24-29-19)16-8-9-25(12-16)20(27)28-21(3,4)5/h6-7,10-11,13,16H,8-9,12H2,1-5H3. The second kappa shape index (κ2) is 7.17. The van der Waals surface area contributed by atoms with Crippen molar-refractivity contribution >= 4 is 17.0 Å². The number of rotatable bonds is 3. The van der Waals surface area contributed by atoms with Gasteiger partial charge in [0.2, 0.25) is 0 Å². The van der Waals surface area contributed by atoms with Crippen LogP contribution in [0.4, 0.5) is 4.79 Å². The van der Waals surface area contributed by atoms with E-state index in [9.17, 15) is 4.79 Å². The highest BCUT2D eigenvalue weighted by Gasteiger charge is 2.33. The number of benzene rings is 1. The maximum Gasteiger partial charge on any atom is 0.410 e. The molecular formula is C21H27N5O3. The molecule has 1 amide bonds. The van der Waals surface area contributed by atoms with Crippen molar-refractivity contribution in [1.29, 1.82) is 0 Å². The summed E-state index contributed by atoms with van der Waals surface area (Å²) < 4.78 is 13.0. The number of amides is 1. The summed E-state index contributed by atoms with van der Waals surface area (Å²) in [5.74, 6) is 1.16. The molecule has 3 heterocycles. The third-order valence-corrected chi connectivity index (χ3v) is 4.98. The van der Waals surface area contributed by atoms with Crippen molar-refractivity contribution in [3.05, 3.63) is 30.2 Å². The van der Waals surface area contributed by atoms with Crippen molar-refractivity contribution in [3.8, 4) is 11.5 Å². The minimum atomic E-state index is -0.504. The van der Waals surface area contributed by atoms with E-state index in [0.717, 1.165) is 22.9 Å². The number of carbonyl (C=O) groups is 1. The fourth-order valence-corrected chi connectivity index (χ4v) is 3.56. The van der Waals surface area contributed by atoms with Gasteiger partial charge in [0.25, 0.3) is 5.89 Å². The van der Waals surface area contributed by atoms with Crippen molar-refractivity contribution in [2.75, 3.05) is 13.1 Å². The Morgan fingerprint density at radius 2 is 2.10 bits per heavy atom.